The molecule has 3 aromatic rings. The summed E-state index contributed by atoms with van der Waals surface area (Å²) in [6.07, 6.45) is 2.10. The molecular weight excluding hydrogens is 390 g/mol. The highest BCUT2D eigenvalue weighted by molar-refractivity contribution is 7.17. The zero-order valence-corrected chi connectivity index (χ0v) is 17.4. The molecule has 5 heterocycles. The van der Waals surface area contributed by atoms with Crippen molar-refractivity contribution in [3.05, 3.63) is 34.8 Å². The van der Waals surface area contributed by atoms with E-state index in [1.54, 1.807) is 17.7 Å². The number of hydrogen-bond donors (Lipinski definition) is 0. The van der Waals surface area contributed by atoms with E-state index in [1.165, 1.54) is 0 Å². The molecule has 2 aliphatic rings. The van der Waals surface area contributed by atoms with Gasteiger partial charge in [-0.3, -0.25) is 4.79 Å². The molecule has 0 aliphatic carbocycles. The summed E-state index contributed by atoms with van der Waals surface area (Å²) >= 11 is 1.65. The lowest BCUT2D eigenvalue weighted by atomic mass is 9.87. The van der Waals surface area contributed by atoms with Crippen LogP contribution in [0.4, 0.5) is 5.82 Å². The third kappa shape index (κ3) is 3.28. The van der Waals surface area contributed by atoms with Gasteiger partial charge in [-0.1, -0.05) is 5.16 Å². The van der Waals surface area contributed by atoms with E-state index in [4.69, 9.17) is 9.26 Å². The van der Waals surface area contributed by atoms with Crippen molar-refractivity contribution >= 4 is 33.3 Å². The summed E-state index contributed by atoms with van der Waals surface area (Å²) in [5.41, 5.74) is 2.55. The van der Waals surface area contributed by atoms with Crippen molar-refractivity contribution in [1.29, 1.82) is 0 Å². The first-order valence-corrected chi connectivity index (χ1v) is 10.6. The van der Waals surface area contributed by atoms with Crippen molar-refractivity contribution in [2.24, 2.45) is 5.41 Å². The molecule has 0 radical (unpaired) electrons. The highest BCUT2D eigenvalue weighted by Gasteiger charge is 2.46. The summed E-state index contributed by atoms with van der Waals surface area (Å²) in [5.74, 6) is 1.86. The fourth-order valence-corrected chi connectivity index (χ4v) is 5.28. The largest absolute Gasteiger partial charge is 0.379 e. The van der Waals surface area contributed by atoms with E-state index in [2.05, 4.69) is 20.0 Å². The Hall–Kier alpha value is -2.52. The van der Waals surface area contributed by atoms with Crippen LogP contribution < -0.4 is 4.90 Å². The summed E-state index contributed by atoms with van der Waals surface area (Å²) in [5, 5.41) is 6.06. The lowest BCUT2D eigenvalue weighted by molar-refractivity contribution is -0.128. The molecule has 0 aromatic carbocycles. The Morgan fingerprint density at radius 3 is 3.00 bits per heavy atom. The van der Waals surface area contributed by atoms with Crippen LogP contribution in [0.1, 0.15) is 23.4 Å². The molecule has 8 nitrogen and oxygen atoms in total. The van der Waals surface area contributed by atoms with Crippen molar-refractivity contribution in [3.63, 3.8) is 0 Å². The number of rotatable bonds is 3. The van der Waals surface area contributed by atoms with E-state index in [1.807, 2.05) is 30.2 Å². The molecule has 0 bridgehead atoms. The predicted molar refractivity (Wildman–Crippen MR) is 109 cm³/mol. The maximum atomic E-state index is 12.9. The number of amides is 1. The van der Waals surface area contributed by atoms with Crippen LogP contribution in [0.25, 0.3) is 10.2 Å². The van der Waals surface area contributed by atoms with E-state index in [0.717, 1.165) is 46.1 Å². The zero-order chi connectivity index (χ0) is 20.0. The lowest BCUT2D eigenvalue weighted by Gasteiger charge is -2.32. The minimum absolute atomic E-state index is 0.152. The number of fused-ring (bicyclic) bond motifs is 1. The molecule has 0 N–H and O–H groups in total. The van der Waals surface area contributed by atoms with E-state index in [0.29, 0.717) is 32.7 Å². The number of thiophene rings is 1. The van der Waals surface area contributed by atoms with Crippen LogP contribution in [0.3, 0.4) is 0 Å². The minimum atomic E-state index is -0.249. The third-order valence-corrected chi connectivity index (χ3v) is 6.80. The molecular formula is C20H23N5O3S. The van der Waals surface area contributed by atoms with Gasteiger partial charge in [0.15, 0.2) is 0 Å². The average Bonchev–Trinajstić information content (AvgIpc) is 3.34. The Kier molecular flexibility index (Phi) is 4.51. The van der Waals surface area contributed by atoms with Crippen molar-refractivity contribution < 1.29 is 14.1 Å². The Balaban J connectivity index is 1.41. The van der Waals surface area contributed by atoms with Crippen molar-refractivity contribution in [2.45, 2.75) is 26.8 Å². The number of likely N-dealkylation sites (tertiary alicyclic amines) is 1. The van der Waals surface area contributed by atoms with Crippen LogP contribution in [0, 0.1) is 19.3 Å². The average molecular weight is 414 g/mol. The lowest BCUT2D eigenvalue weighted by Crippen LogP contribution is -2.41. The van der Waals surface area contributed by atoms with E-state index in [-0.39, 0.29) is 11.3 Å². The second-order valence-corrected chi connectivity index (χ2v) is 8.95. The number of anilines is 1. The van der Waals surface area contributed by atoms with Gasteiger partial charge in [0.1, 0.15) is 17.9 Å². The number of hydrogen-bond acceptors (Lipinski definition) is 8. The topological polar surface area (TPSA) is 84.6 Å². The predicted octanol–water partition coefficient (Wildman–Crippen LogP) is 2.55. The standard InChI is InChI=1S/C20H23N5O3S/c1-13-15(14(2)28-23-13)8-25-10-20(7-17(25)26)9-24(4-5-27-11-20)19-18-16(3-6-29-18)21-12-22-19/h3,6,12H,4-5,7-11H2,1-2H3. The molecule has 1 amide bonds. The number of carbonyl (C=O) groups is 1. The Morgan fingerprint density at radius 1 is 1.28 bits per heavy atom. The zero-order valence-electron chi connectivity index (χ0n) is 16.6. The first-order chi connectivity index (χ1) is 14.0. The van der Waals surface area contributed by atoms with E-state index in [9.17, 15) is 4.79 Å². The Bertz CT molecular complexity index is 1040. The van der Waals surface area contributed by atoms with Crippen LogP contribution in [-0.2, 0) is 16.1 Å². The van der Waals surface area contributed by atoms with Crippen molar-refractivity contribution in [3.8, 4) is 0 Å². The fourth-order valence-electron chi connectivity index (χ4n) is 4.42. The van der Waals surface area contributed by atoms with Gasteiger partial charge in [-0.2, -0.15) is 0 Å². The van der Waals surface area contributed by atoms with Crippen LogP contribution in [-0.4, -0.2) is 58.8 Å². The van der Waals surface area contributed by atoms with Crippen LogP contribution in [0.15, 0.2) is 22.3 Å². The number of aryl methyl sites for hydroxylation is 2. The monoisotopic (exact) mass is 413 g/mol. The number of carbonyl (C=O) groups excluding carboxylic acids is 1. The summed E-state index contributed by atoms with van der Waals surface area (Å²) in [7, 11) is 0. The summed E-state index contributed by atoms with van der Waals surface area (Å²) in [4.78, 5) is 26.0. The van der Waals surface area contributed by atoms with Gasteiger partial charge >= 0.3 is 0 Å². The molecule has 1 spiro atoms. The molecule has 2 saturated heterocycles. The number of nitrogens with zero attached hydrogens (tertiary/aromatic N) is 5. The van der Waals surface area contributed by atoms with E-state index >= 15 is 0 Å². The molecule has 5 rings (SSSR count). The van der Waals surface area contributed by atoms with Gasteiger partial charge < -0.3 is 19.1 Å². The van der Waals surface area contributed by atoms with Crippen molar-refractivity contribution in [2.75, 3.05) is 37.7 Å². The molecule has 1 unspecified atom stereocenters. The van der Waals surface area contributed by atoms with Gasteiger partial charge in [0, 0.05) is 37.0 Å². The molecule has 152 valence electrons. The molecule has 29 heavy (non-hydrogen) atoms. The van der Waals surface area contributed by atoms with Gasteiger partial charge in [-0.15, -0.1) is 11.3 Å². The van der Waals surface area contributed by atoms with E-state index < -0.39 is 0 Å². The second kappa shape index (κ2) is 7.07. The minimum Gasteiger partial charge on any atom is -0.379 e. The molecule has 0 saturated carbocycles. The Morgan fingerprint density at radius 2 is 2.17 bits per heavy atom. The molecule has 3 aromatic heterocycles. The van der Waals surface area contributed by atoms with Gasteiger partial charge in [0.05, 0.1) is 35.7 Å². The smallest absolute Gasteiger partial charge is 0.223 e. The normalized spacial score (nSPS) is 22.8. The van der Waals surface area contributed by atoms with Gasteiger partial charge in [0.25, 0.3) is 0 Å². The molecule has 1 atom stereocenters. The Labute approximate surface area is 172 Å². The van der Waals surface area contributed by atoms with Gasteiger partial charge in [0.2, 0.25) is 5.91 Å². The SMILES string of the molecule is Cc1noc(C)c1CN1CC2(COCCN(c3ncnc4ccsc34)C2)CC1=O. The number of aromatic nitrogens is 3. The molecule has 2 fully saturated rings. The summed E-state index contributed by atoms with van der Waals surface area (Å²) in [6, 6.07) is 2.01. The van der Waals surface area contributed by atoms with Crippen LogP contribution >= 0.6 is 11.3 Å². The van der Waals surface area contributed by atoms with Gasteiger partial charge in [-0.05, 0) is 25.3 Å². The second-order valence-electron chi connectivity index (χ2n) is 8.04. The highest BCUT2D eigenvalue weighted by atomic mass is 32.1. The summed E-state index contributed by atoms with van der Waals surface area (Å²) in [6.45, 7) is 7.69. The van der Waals surface area contributed by atoms with Gasteiger partial charge in [-0.25, -0.2) is 9.97 Å². The summed E-state index contributed by atoms with van der Waals surface area (Å²) < 4.78 is 12.3. The maximum absolute atomic E-state index is 12.9. The highest BCUT2D eigenvalue weighted by Crippen LogP contribution is 2.38. The first kappa shape index (κ1) is 18.5. The fraction of sp³-hybridized carbons (Fsp3) is 0.500. The molecule has 9 heteroatoms. The van der Waals surface area contributed by atoms with Crippen LogP contribution in [0.2, 0.25) is 0 Å². The number of ether oxygens (including phenoxy) is 1. The molecule has 2 aliphatic heterocycles. The van der Waals surface area contributed by atoms with Crippen LogP contribution in [0.5, 0.6) is 0 Å². The first-order valence-electron chi connectivity index (χ1n) is 9.75. The van der Waals surface area contributed by atoms with Crippen molar-refractivity contribution in [1.82, 2.24) is 20.0 Å². The third-order valence-electron chi connectivity index (χ3n) is 5.90. The quantitative estimate of drug-likeness (QED) is 0.652. The maximum Gasteiger partial charge on any atom is 0.223 e.